The summed E-state index contributed by atoms with van der Waals surface area (Å²) in [7, 11) is 0. The summed E-state index contributed by atoms with van der Waals surface area (Å²) in [5.74, 6) is 0.879. The second kappa shape index (κ2) is 8.67. The van der Waals surface area contributed by atoms with E-state index < -0.39 is 0 Å². The smallest absolute Gasteiger partial charge is 0.319 e. The van der Waals surface area contributed by atoms with Gasteiger partial charge in [-0.3, -0.25) is 0 Å². The maximum Gasteiger partial charge on any atom is 0.319 e. The Bertz CT molecular complexity index is 458. The zero-order valence-electron chi connectivity index (χ0n) is 13.6. The quantitative estimate of drug-likeness (QED) is 0.720. The van der Waals surface area contributed by atoms with Crippen LogP contribution in [0.4, 0.5) is 10.5 Å². The second-order valence-electron chi connectivity index (χ2n) is 6.09. The largest absolute Gasteiger partial charge is 0.396 e. The number of carbonyl (C=O) groups excluding carboxylic acids is 1. The molecule has 0 bridgehead atoms. The lowest BCUT2D eigenvalue weighted by Crippen LogP contribution is -2.34. The van der Waals surface area contributed by atoms with E-state index in [1.165, 1.54) is 0 Å². The van der Waals surface area contributed by atoms with Gasteiger partial charge in [0, 0.05) is 18.8 Å². The van der Waals surface area contributed by atoms with E-state index >= 15 is 0 Å². The molecule has 3 N–H and O–H groups in total. The lowest BCUT2D eigenvalue weighted by molar-refractivity contribution is 0.231. The summed E-state index contributed by atoms with van der Waals surface area (Å²) < 4.78 is 0. The van der Waals surface area contributed by atoms with E-state index in [0.29, 0.717) is 18.4 Å². The minimum atomic E-state index is -0.185. The van der Waals surface area contributed by atoms with Crippen molar-refractivity contribution in [3.63, 3.8) is 0 Å². The molecule has 1 atom stereocenters. The number of anilines is 1. The highest BCUT2D eigenvalue weighted by Crippen LogP contribution is 2.18. The number of hydrogen-bond donors (Lipinski definition) is 3. The van der Waals surface area contributed by atoms with E-state index in [9.17, 15) is 4.79 Å². The number of benzene rings is 1. The maximum atomic E-state index is 12.0. The van der Waals surface area contributed by atoms with E-state index in [1.54, 1.807) is 0 Å². The van der Waals surface area contributed by atoms with Gasteiger partial charge in [0.25, 0.3) is 0 Å². The number of carbonyl (C=O) groups is 1. The van der Waals surface area contributed by atoms with Crippen molar-refractivity contribution < 1.29 is 9.90 Å². The molecule has 1 aromatic rings. The standard InChI is InChI=1S/C17H28N2O2/c1-12(2)10-15(8-9-20)11-18-17(21)19-16-7-5-6-13(3)14(16)4/h5-7,12,15,20H,8-11H2,1-4H3,(H2,18,19,21). The lowest BCUT2D eigenvalue weighted by atomic mass is 9.94. The molecule has 0 aromatic heterocycles. The molecule has 0 aliphatic carbocycles. The first kappa shape index (κ1) is 17.5. The Balaban J connectivity index is 2.50. The van der Waals surface area contributed by atoms with Crippen LogP contribution < -0.4 is 10.6 Å². The molecule has 0 saturated heterocycles. The fraction of sp³-hybridized carbons (Fsp3) is 0.588. The van der Waals surface area contributed by atoms with Crippen LogP contribution in [-0.2, 0) is 0 Å². The van der Waals surface area contributed by atoms with Crippen LogP contribution in [-0.4, -0.2) is 24.3 Å². The molecule has 0 fully saturated rings. The minimum absolute atomic E-state index is 0.164. The summed E-state index contributed by atoms with van der Waals surface area (Å²) in [6, 6.07) is 5.68. The van der Waals surface area contributed by atoms with Gasteiger partial charge in [0.2, 0.25) is 0 Å². The van der Waals surface area contributed by atoms with E-state index in [4.69, 9.17) is 5.11 Å². The van der Waals surface area contributed by atoms with Gasteiger partial charge in [-0.2, -0.15) is 0 Å². The molecule has 2 amide bonds. The summed E-state index contributed by atoms with van der Waals surface area (Å²) in [5.41, 5.74) is 3.09. The number of amides is 2. The third-order valence-corrected chi connectivity index (χ3v) is 3.75. The summed E-state index contributed by atoms with van der Waals surface area (Å²) in [4.78, 5) is 12.0. The summed E-state index contributed by atoms with van der Waals surface area (Å²) >= 11 is 0. The summed E-state index contributed by atoms with van der Waals surface area (Å²) in [5, 5.41) is 14.9. The predicted octanol–water partition coefficient (Wildman–Crippen LogP) is 3.47. The molecule has 1 rings (SSSR count). The summed E-state index contributed by atoms with van der Waals surface area (Å²) in [6.07, 6.45) is 1.73. The average Bonchev–Trinajstić information content (AvgIpc) is 2.41. The second-order valence-corrected chi connectivity index (χ2v) is 6.09. The Morgan fingerprint density at radius 3 is 2.62 bits per heavy atom. The Morgan fingerprint density at radius 2 is 2.00 bits per heavy atom. The van der Waals surface area contributed by atoms with E-state index in [0.717, 1.165) is 29.7 Å². The molecule has 118 valence electrons. The van der Waals surface area contributed by atoms with E-state index in [-0.39, 0.29) is 12.6 Å². The number of nitrogens with one attached hydrogen (secondary N) is 2. The van der Waals surface area contributed by atoms with Crippen molar-refractivity contribution in [2.45, 2.75) is 40.5 Å². The van der Waals surface area contributed by atoms with E-state index in [2.05, 4.69) is 24.5 Å². The molecule has 0 aliphatic rings. The molecule has 1 unspecified atom stereocenters. The monoisotopic (exact) mass is 292 g/mol. The third kappa shape index (κ3) is 6.17. The van der Waals surface area contributed by atoms with Crippen LogP contribution in [0.15, 0.2) is 18.2 Å². The van der Waals surface area contributed by atoms with Gasteiger partial charge in [0.05, 0.1) is 0 Å². The van der Waals surface area contributed by atoms with Gasteiger partial charge in [-0.15, -0.1) is 0 Å². The van der Waals surface area contributed by atoms with Crippen LogP contribution in [0.25, 0.3) is 0 Å². The van der Waals surface area contributed by atoms with Crippen molar-refractivity contribution in [3.8, 4) is 0 Å². The fourth-order valence-electron chi connectivity index (χ4n) is 2.44. The first-order valence-electron chi connectivity index (χ1n) is 7.66. The van der Waals surface area contributed by atoms with Crippen molar-refractivity contribution in [3.05, 3.63) is 29.3 Å². The Hall–Kier alpha value is -1.55. The molecule has 21 heavy (non-hydrogen) atoms. The van der Waals surface area contributed by atoms with Gasteiger partial charge in [0.15, 0.2) is 0 Å². The molecule has 0 heterocycles. The summed E-state index contributed by atoms with van der Waals surface area (Å²) in [6.45, 7) is 9.09. The third-order valence-electron chi connectivity index (χ3n) is 3.75. The minimum Gasteiger partial charge on any atom is -0.396 e. The number of hydrogen-bond acceptors (Lipinski definition) is 2. The van der Waals surface area contributed by atoms with Gasteiger partial charge < -0.3 is 15.7 Å². The Kier molecular flexibility index (Phi) is 7.23. The Morgan fingerprint density at radius 1 is 1.29 bits per heavy atom. The molecule has 0 aliphatic heterocycles. The molecule has 4 nitrogen and oxygen atoms in total. The van der Waals surface area contributed by atoms with Crippen LogP contribution >= 0.6 is 0 Å². The fourth-order valence-corrected chi connectivity index (χ4v) is 2.44. The van der Waals surface area contributed by atoms with Gasteiger partial charge in [-0.1, -0.05) is 26.0 Å². The Labute approximate surface area is 128 Å². The van der Waals surface area contributed by atoms with Crippen molar-refractivity contribution >= 4 is 11.7 Å². The molecule has 0 saturated carbocycles. The molecule has 1 aromatic carbocycles. The lowest BCUT2D eigenvalue weighted by Gasteiger charge is -2.19. The average molecular weight is 292 g/mol. The van der Waals surface area contributed by atoms with Gasteiger partial charge >= 0.3 is 6.03 Å². The molecular formula is C17H28N2O2. The topological polar surface area (TPSA) is 61.4 Å². The van der Waals surface area contributed by atoms with Crippen molar-refractivity contribution in [2.75, 3.05) is 18.5 Å². The van der Waals surface area contributed by atoms with Crippen molar-refractivity contribution in [2.24, 2.45) is 11.8 Å². The highest BCUT2D eigenvalue weighted by molar-refractivity contribution is 5.90. The first-order valence-corrected chi connectivity index (χ1v) is 7.66. The number of rotatable bonds is 7. The zero-order chi connectivity index (χ0) is 15.8. The highest BCUT2D eigenvalue weighted by atomic mass is 16.3. The van der Waals surface area contributed by atoms with Gasteiger partial charge in [-0.25, -0.2) is 4.79 Å². The molecule has 0 spiro atoms. The molecular weight excluding hydrogens is 264 g/mol. The predicted molar refractivity (Wildman–Crippen MR) is 87.6 cm³/mol. The first-order chi connectivity index (χ1) is 9.93. The van der Waals surface area contributed by atoms with Crippen LogP contribution in [0.2, 0.25) is 0 Å². The van der Waals surface area contributed by atoms with Crippen LogP contribution in [0.1, 0.15) is 37.8 Å². The van der Waals surface area contributed by atoms with Crippen LogP contribution in [0.3, 0.4) is 0 Å². The van der Waals surface area contributed by atoms with Crippen LogP contribution in [0.5, 0.6) is 0 Å². The molecule has 0 radical (unpaired) electrons. The number of aliphatic hydroxyl groups is 1. The number of aliphatic hydroxyl groups excluding tert-OH is 1. The van der Waals surface area contributed by atoms with Gasteiger partial charge in [-0.05, 0) is 55.7 Å². The van der Waals surface area contributed by atoms with Crippen LogP contribution in [0, 0.1) is 25.7 Å². The SMILES string of the molecule is Cc1cccc(NC(=O)NCC(CCO)CC(C)C)c1C. The number of aryl methyl sites for hydroxylation is 1. The zero-order valence-corrected chi connectivity index (χ0v) is 13.6. The highest BCUT2D eigenvalue weighted by Gasteiger charge is 2.12. The van der Waals surface area contributed by atoms with E-state index in [1.807, 2.05) is 32.0 Å². The maximum absolute atomic E-state index is 12.0. The van der Waals surface area contributed by atoms with Crippen molar-refractivity contribution in [1.82, 2.24) is 5.32 Å². The normalized spacial score (nSPS) is 12.3. The van der Waals surface area contributed by atoms with Gasteiger partial charge in [0.1, 0.15) is 0 Å². The van der Waals surface area contributed by atoms with Crippen molar-refractivity contribution in [1.29, 1.82) is 0 Å². The number of urea groups is 1. The molecule has 4 heteroatoms.